The number of nitrogens with one attached hydrogen (secondary N) is 1. The Hall–Kier alpha value is -0.610. The Morgan fingerprint density at radius 2 is 1.95 bits per heavy atom. The van der Waals surface area contributed by atoms with Crippen molar-refractivity contribution < 1.29 is 4.79 Å². The first-order valence-electron chi connectivity index (χ1n) is 7.83. The first-order chi connectivity index (χ1) is 9.08. The van der Waals surface area contributed by atoms with Crippen LogP contribution in [0.2, 0.25) is 0 Å². The Bertz CT molecular complexity index is 302. The molecule has 2 fully saturated rings. The van der Waals surface area contributed by atoms with Crippen molar-refractivity contribution in [1.82, 2.24) is 10.2 Å². The van der Waals surface area contributed by atoms with Crippen molar-refractivity contribution in [3.63, 3.8) is 0 Å². The fourth-order valence-electron chi connectivity index (χ4n) is 2.74. The normalized spacial score (nSPS) is 25.7. The molecule has 1 aliphatic carbocycles. The highest BCUT2D eigenvalue weighted by Gasteiger charge is 2.28. The summed E-state index contributed by atoms with van der Waals surface area (Å²) in [6.07, 6.45) is 5.14. The first-order valence-corrected chi connectivity index (χ1v) is 7.83. The molecule has 1 amide bonds. The summed E-state index contributed by atoms with van der Waals surface area (Å²) in [4.78, 5) is 14.2. The zero-order chi connectivity index (χ0) is 13.8. The lowest BCUT2D eigenvalue weighted by atomic mass is 9.96. The average molecular weight is 267 g/mol. The molecule has 0 aromatic heterocycles. The lowest BCUT2D eigenvalue weighted by Gasteiger charge is -2.35. The largest absolute Gasteiger partial charge is 0.341 e. The molecule has 0 aromatic carbocycles. The molecule has 19 heavy (non-hydrogen) atoms. The van der Waals surface area contributed by atoms with Gasteiger partial charge in [0.1, 0.15) is 0 Å². The molecule has 1 heterocycles. The summed E-state index contributed by atoms with van der Waals surface area (Å²) in [5.74, 6) is 1.90. The maximum absolute atomic E-state index is 12.3. The second kappa shape index (κ2) is 6.71. The van der Waals surface area contributed by atoms with E-state index in [2.05, 4.69) is 5.32 Å². The van der Waals surface area contributed by atoms with E-state index in [0.29, 0.717) is 5.92 Å². The van der Waals surface area contributed by atoms with Crippen molar-refractivity contribution in [1.29, 1.82) is 0 Å². The lowest BCUT2D eigenvalue weighted by molar-refractivity contribution is -0.135. The SMILES string of the molecule is CC(C)[C@H](N)C(=O)N1CCCC(CNCC2CC2)C1. The van der Waals surface area contributed by atoms with E-state index < -0.39 is 0 Å². The Morgan fingerprint density at radius 3 is 2.58 bits per heavy atom. The van der Waals surface area contributed by atoms with Crippen molar-refractivity contribution >= 4 is 5.91 Å². The molecule has 2 atom stereocenters. The van der Waals surface area contributed by atoms with E-state index in [1.165, 1.54) is 19.3 Å². The maximum Gasteiger partial charge on any atom is 0.239 e. The van der Waals surface area contributed by atoms with E-state index in [9.17, 15) is 4.79 Å². The molecular formula is C15H29N3O. The van der Waals surface area contributed by atoms with E-state index in [0.717, 1.165) is 38.5 Å². The number of amides is 1. The van der Waals surface area contributed by atoms with E-state index >= 15 is 0 Å². The molecule has 1 saturated carbocycles. The topological polar surface area (TPSA) is 58.4 Å². The summed E-state index contributed by atoms with van der Waals surface area (Å²) < 4.78 is 0. The van der Waals surface area contributed by atoms with Crippen LogP contribution in [0.3, 0.4) is 0 Å². The minimum Gasteiger partial charge on any atom is -0.341 e. The second-order valence-corrected chi connectivity index (χ2v) is 6.66. The number of nitrogens with two attached hydrogens (primary N) is 1. The molecule has 1 saturated heterocycles. The molecule has 2 aliphatic rings. The number of piperidine rings is 1. The van der Waals surface area contributed by atoms with Crippen molar-refractivity contribution in [3.8, 4) is 0 Å². The highest BCUT2D eigenvalue weighted by molar-refractivity contribution is 5.82. The van der Waals surface area contributed by atoms with E-state index in [1.54, 1.807) is 0 Å². The highest BCUT2D eigenvalue weighted by Crippen LogP contribution is 2.27. The van der Waals surface area contributed by atoms with Gasteiger partial charge >= 0.3 is 0 Å². The van der Waals surface area contributed by atoms with Gasteiger partial charge in [0.15, 0.2) is 0 Å². The molecule has 0 radical (unpaired) electrons. The molecule has 0 bridgehead atoms. The zero-order valence-electron chi connectivity index (χ0n) is 12.4. The zero-order valence-corrected chi connectivity index (χ0v) is 12.4. The predicted molar refractivity (Wildman–Crippen MR) is 77.7 cm³/mol. The molecule has 0 spiro atoms. The number of carbonyl (C=O) groups is 1. The Labute approximate surface area is 117 Å². The van der Waals surface area contributed by atoms with E-state index in [4.69, 9.17) is 5.73 Å². The van der Waals surface area contributed by atoms with Crippen LogP contribution >= 0.6 is 0 Å². The van der Waals surface area contributed by atoms with Crippen molar-refractivity contribution in [2.75, 3.05) is 26.2 Å². The van der Waals surface area contributed by atoms with Crippen LogP contribution < -0.4 is 11.1 Å². The maximum atomic E-state index is 12.3. The summed E-state index contributed by atoms with van der Waals surface area (Å²) in [7, 11) is 0. The Balaban J connectivity index is 1.73. The number of hydrogen-bond donors (Lipinski definition) is 2. The smallest absolute Gasteiger partial charge is 0.239 e. The third-order valence-electron chi connectivity index (χ3n) is 4.40. The van der Waals surface area contributed by atoms with Gasteiger partial charge in [-0.15, -0.1) is 0 Å². The van der Waals surface area contributed by atoms with Crippen LogP contribution in [0.4, 0.5) is 0 Å². The quantitative estimate of drug-likeness (QED) is 0.760. The summed E-state index contributed by atoms with van der Waals surface area (Å²) in [6, 6.07) is -0.335. The van der Waals surface area contributed by atoms with Gasteiger partial charge in [-0.25, -0.2) is 0 Å². The molecule has 110 valence electrons. The van der Waals surface area contributed by atoms with Gasteiger partial charge in [0.05, 0.1) is 6.04 Å². The molecule has 4 nitrogen and oxygen atoms in total. The number of likely N-dealkylation sites (tertiary alicyclic amines) is 1. The number of nitrogens with zero attached hydrogens (tertiary/aromatic N) is 1. The van der Waals surface area contributed by atoms with Gasteiger partial charge < -0.3 is 16.0 Å². The molecule has 4 heteroatoms. The average Bonchev–Trinajstić information content (AvgIpc) is 3.21. The summed E-state index contributed by atoms with van der Waals surface area (Å²) in [6.45, 7) is 8.02. The monoisotopic (exact) mass is 267 g/mol. The van der Waals surface area contributed by atoms with Gasteiger partial charge in [-0.1, -0.05) is 13.8 Å². The van der Waals surface area contributed by atoms with E-state index in [1.807, 2.05) is 18.7 Å². The number of rotatable bonds is 6. The molecule has 2 rings (SSSR count). The standard InChI is InChI=1S/C15H29N3O/c1-11(2)14(16)15(19)18-7-3-4-13(10-18)9-17-8-12-5-6-12/h11-14,17H,3-10,16H2,1-2H3/t13?,14-/m0/s1. The van der Waals surface area contributed by atoms with E-state index in [-0.39, 0.29) is 17.9 Å². The molecule has 3 N–H and O–H groups in total. The third-order valence-corrected chi connectivity index (χ3v) is 4.40. The highest BCUT2D eigenvalue weighted by atomic mass is 16.2. The fourth-order valence-corrected chi connectivity index (χ4v) is 2.74. The second-order valence-electron chi connectivity index (χ2n) is 6.66. The third kappa shape index (κ3) is 4.46. The van der Waals surface area contributed by atoms with Gasteiger partial charge in [0, 0.05) is 13.1 Å². The number of carbonyl (C=O) groups excluding carboxylic acids is 1. The van der Waals surface area contributed by atoms with Crippen LogP contribution in [0, 0.1) is 17.8 Å². The minimum absolute atomic E-state index is 0.141. The fraction of sp³-hybridized carbons (Fsp3) is 0.933. The van der Waals surface area contributed by atoms with Crippen LogP contribution in [0.5, 0.6) is 0 Å². The van der Waals surface area contributed by atoms with Crippen LogP contribution in [-0.4, -0.2) is 43.0 Å². The van der Waals surface area contributed by atoms with Gasteiger partial charge in [-0.3, -0.25) is 4.79 Å². The minimum atomic E-state index is -0.335. The van der Waals surface area contributed by atoms with Crippen LogP contribution in [0.25, 0.3) is 0 Å². The van der Waals surface area contributed by atoms with Crippen molar-refractivity contribution in [2.45, 2.75) is 45.6 Å². The first kappa shape index (κ1) is 14.8. The van der Waals surface area contributed by atoms with Crippen molar-refractivity contribution in [2.24, 2.45) is 23.5 Å². The van der Waals surface area contributed by atoms with Crippen LogP contribution in [0.15, 0.2) is 0 Å². The lowest BCUT2D eigenvalue weighted by Crippen LogP contribution is -2.51. The van der Waals surface area contributed by atoms with Gasteiger partial charge in [0.2, 0.25) is 5.91 Å². The molecule has 1 unspecified atom stereocenters. The van der Waals surface area contributed by atoms with Crippen LogP contribution in [-0.2, 0) is 4.79 Å². The Morgan fingerprint density at radius 1 is 1.26 bits per heavy atom. The van der Waals surface area contributed by atoms with Gasteiger partial charge in [-0.05, 0) is 56.5 Å². The van der Waals surface area contributed by atoms with Crippen LogP contribution in [0.1, 0.15) is 39.5 Å². The van der Waals surface area contributed by atoms with Gasteiger partial charge in [0.25, 0.3) is 0 Å². The molecule has 0 aromatic rings. The van der Waals surface area contributed by atoms with Crippen molar-refractivity contribution in [3.05, 3.63) is 0 Å². The number of hydrogen-bond acceptors (Lipinski definition) is 3. The summed E-state index contributed by atoms with van der Waals surface area (Å²) >= 11 is 0. The summed E-state index contributed by atoms with van der Waals surface area (Å²) in [5.41, 5.74) is 5.98. The molecule has 1 aliphatic heterocycles. The Kier molecular flexibility index (Phi) is 5.22. The van der Waals surface area contributed by atoms with Gasteiger partial charge in [-0.2, -0.15) is 0 Å². The predicted octanol–water partition coefficient (Wildman–Crippen LogP) is 1.21. The molecular weight excluding hydrogens is 238 g/mol. The summed E-state index contributed by atoms with van der Waals surface area (Å²) in [5, 5.41) is 3.56.